The SMILES string of the molecule is NC(=O)Cc1ccc(NS(=O)(=O)c2ccc(F)cc2F)cc1. The summed E-state index contributed by atoms with van der Waals surface area (Å²) in [5.74, 6) is -2.56. The van der Waals surface area contributed by atoms with Crippen LogP contribution in [-0.4, -0.2) is 14.3 Å². The van der Waals surface area contributed by atoms with E-state index in [1.807, 2.05) is 0 Å². The van der Waals surface area contributed by atoms with Gasteiger partial charge in [0.25, 0.3) is 10.0 Å². The van der Waals surface area contributed by atoms with Crippen LogP contribution < -0.4 is 10.5 Å². The van der Waals surface area contributed by atoms with Crippen molar-refractivity contribution in [2.45, 2.75) is 11.3 Å². The van der Waals surface area contributed by atoms with Gasteiger partial charge in [-0.05, 0) is 29.8 Å². The molecule has 2 aromatic carbocycles. The first-order chi connectivity index (χ1) is 10.3. The quantitative estimate of drug-likeness (QED) is 0.878. The van der Waals surface area contributed by atoms with E-state index in [0.29, 0.717) is 11.6 Å². The molecule has 22 heavy (non-hydrogen) atoms. The van der Waals surface area contributed by atoms with Crippen molar-refractivity contribution < 1.29 is 22.0 Å². The van der Waals surface area contributed by atoms with E-state index >= 15 is 0 Å². The highest BCUT2D eigenvalue weighted by Crippen LogP contribution is 2.20. The summed E-state index contributed by atoms with van der Waals surface area (Å²) in [7, 11) is -4.18. The molecule has 1 amide bonds. The average Bonchev–Trinajstić information content (AvgIpc) is 2.39. The first-order valence-electron chi connectivity index (χ1n) is 6.13. The van der Waals surface area contributed by atoms with Crippen molar-refractivity contribution in [2.75, 3.05) is 4.72 Å². The molecular formula is C14H12F2N2O3S. The number of sulfonamides is 1. The first-order valence-corrected chi connectivity index (χ1v) is 7.61. The van der Waals surface area contributed by atoms with Crippen molar-refractivity contribution in [3.05, 3.63) is 59.7 Å². The molecule has 0 heterocycles. The van der Waals surface area contributed by atoms with E-state index in [1.54, 1.807) is 0 Å². The molecule has 0 aliphatic rings. The molecular weight excluding hydrogens is 314 g/mol. The largest absolute Gasteiger partial charge is 0.369 e. The van der Waals surface area contributed by atoms with Crippen LogP contribution in [-0.2, 0) is 21.2 Å². The summed E-state index contributed by atoms with van der Waals surface area (Å²) in [4.78, 5) is 10.1. The van der Waals surface area contributed by atoms with Crippen molar-refractivity contribution in [1.82, 2.24) is 0 Å². The minimum atomic E-state index is -4.18. The molecule has 0 aliphatic heterocycles. The third-order valence-electron chi connectivity index (χ3n) is 2.77. The molecule has 8 heteroatoms. The van der Waals surface area contributed by atoms with Gasteiger partial charge < -0.3 is 5.73 Å². The van der Waals surface area contributed by atoms with Gasteiger partial charge in [0.05, 0.1) is 6.42 Å². The summed E-state index contributed by atoms with van der Waals surface area (Å²) in [5.41, 5.74) is 5.84. The van der Waals surface area contributed by atoms with E-state index in [9.17, 15) is 22.0 Å². The lowest BCUT2D eigenvalue weighted by molar-refractivity contribution is -0.117. The number of hydrogen-bond donors (Lipinski definition) is 2. The Hall–Kier alpha value is -2.48. The summed E-state index contributed by atoms with van der Waals surface area (Å²) >= 11 is 0. The molecule has 0 aromatic heterocycles. The Morgan fingerprint density at radius 3 is 2.27 bits per heavy atom. The smallest absolute Gasteiger partial charge is 0.264 e. The third-order valence-corrected chi connectivity index (χ3v) is 4.18. The van der Waals surface area contributed by atoms with E-state index in [0.717, 1.165) is 12.1 Å². The minimum Gasteiger partial charge on any atom is -0.369 e. The van der Waals surface area contributed by atoms with Gasteiger partial charge in [-0.1, -0.05) is 12.1 Å². The second kappa shape index (κ2) is 6.10. The van der Waals surface area contributed by atoms with Gasteiger partial charge in [0.15, 0.2) is 0 Å². The maximum atomic E-state index is 13.5. The Morgan fingerprint density at radius 1 is 1.09 bits per heavy atom. The Balaban J connectivity index is 2.23. The fourth-order valence-electron chi connectivity index (χ4n) is 1.80. The maximum absolute atomic E-state index is 13.5. The lowest BCUT2D eigenvalue weighted by atomic mass is 10.1. The highest BCUT2D eigenvalue weighted by molar-refractivity contribution is 7.92. The topological polar surface area (TPSA) is 89.3 Å². The van der Waals surface area contributed by atoms with Crippen molar-refractivity contribution in [3.63, 3.8) is 0 Å². The highest BCUT2D eigenvalue weighted by atomic mass is 32.2. The predicted octanol–water partition coefficient (Wildman–Crippen LogP) is 1.79. The van der Waals surface area contributed by atoms with Gasteiger partial charge in [-0.25, -0.2) is 17.2 Å². The second-order valence-electron chi connectivity index (χ2n) is 4.52. The summed E-state index contributed by atoms with van der Waals surface area (Å²) in [6, 6.07) is 8.05. The van der Waals surface area contributed by atoms with Gasteiger partial charge >= 0.3 is 0 Å². The Morgan fingerprint density at radius 2 is 1.73 bits per heavy atom. The van der Waals surface area contributed by atoms with Crippen molar-refractivity contribution >= 4 is 21.6 Å². The monoisotopic (exact) mass is 326 g/mol. The molecule has 116 valence electrons. The molecule has 0 radical (unpaired) electrons. The van der Waals surface area contributed by atoms with Gasteiger partial charge in [-0.15, -0.1) is 0 Å². The molecule has 0 bridgehead atoms. The maximum Gasteiger partial charge on any atom is 0.264 e. The van der Waals surface area contributed by atoms with Crippen LogP contribution in [0.2, 0.25) is 0 Å². The van der Waals surface area contributed by atoms with Crippen LogP contribution in [0, 0.1) is 11.6 Å². The van der Waals surface area contributed by atoms with Gasteiger partial charge in [0.1, 0.15) is 16.5 Å². The zero-order valence-electron chi connectivity index (χ0n) is 11.2. The van der Waals surface area contributed by atoms with E-state index < -0.39 is 32.5 Å². The van der Waals surface area contributed by atoms with Gasteiger partial charge in [0, 0.05) is 11.8 Å². The van der Waals surface area contributed by atoms with Crippen molar-refractivity contribution in [3.8, 4) is 0 Å². The standard InChI is InChI=1S/C14H12F2N2O3S/c15-10-3-6-13(12(16)8-10)22(20,21)18-11-4-1-9(2-5-11)7-14(17)19/h1-6,8,18H,7H2,(H2,17,19). The number of benzene rings is 2. The summed E-state index contributed by atoms with van der Waals surface area (Å²) < 4.78 is 52.6. The molecule has 2 rings (SSSR count). The Bertz CT molecular complexity index is 805. The number of anilines is 1. The molecule has 0 aliphatic carbocycles. The molecule has 0 spiro atoms. The van der Waals surface area contributed by atoms with Crippen LogP contribution in [0.4, 0.5) is 14.5 Å². The van der Waals surface area contributed by atoms with Crippen molar-refractivity contribution in [2.24, 2.45) is 5.73 Å². The lowest BCUT2D eigenvalue weighted by Gasteiger charge is -2.09. The van der Waals surface area contributed by atoms with E-state index in [2.05, 4.69) is 4.72 Å². The van der Waals surface area contributed by atoms with E-state index in [4.69, 9.17) is 5.73 Å². The molecule has 2 aromatic rings. The number of rotatable bonds is 5. The van der Waals surface area contributed by atoms with E-state index in [1.165, 1.54) is 24.3 Å². The molecule has 0 saturated heterocycles. The van der Waals surface area contributed by atoms with Crippen LogP contribution in [0.1, 0.15) is 5.56 Å². The minimum absolute atomic E-state index is 0.0274. The molecule has 0 atom stereocenters. The third kappa shape index (κ3) is 3.79. The number of amides is 1. The molecule has 5 nitrogen and oxygen atoms in total. The summed E-state index contributed by atoms with van der Waals surface area (Å²) in [6.07, 6.45) is 0.0274. The fraction of sp³-hybridized carbons (Fsp3) is 0.0714. The van der Waals surface area contributed by atoms with Crippen LogP contribution in [0.15, 0.2) is 47.4 Å². The number of hydrogen-bond acceptors (Lipinski definition) is 3. The Labute approximate surface area is 125 Å². The summed E-state index contributed by atoms with van der Waals surface area (Å²) in [5, 5.41) is 0. The highest BCUT2D eigenvalue weighted by Gasteiger charge is 2.19. The van der Waals surface area contributed by atoms with Crippen LogP contribution in [0.5, 0.6) is 0 Å². The molecule has 0 saturated carbocycles. The fourth-order valence-corrected chi connectivity index (χ4v) is 2.91. The zero-order chi connectivity index (χ0) is 16.3. The number of carbonyl (C=O) groups is 1. The number of primary amides is 1. The van der Waals surface area contributed by atoms with Crippen LogP contribution >= 0.6 is 0 Å². The molecule has 0 fully saturated rings. The number of nitrogens with two attached hydrogens (primary N) is 1. The van der Waals surface area contributed by atoms with E-state index in [-0.39, 0.29) is 12.1 Å². The van der Waals surface area contributed by atoms with Gasteiger partial charge in [-0.3, -0.25) is 9.52 Å². The van der Waals surface area contributed by atoms with Crippen LogP contribution in [0.3, 0.4) is 0 Å². The average molecular weight is 326 g/mol. The van der Waals surface area contributed by atoms with Crippen LogP contribution in [0.25, 0.3) is 0 Å². The molecule has 0 unspecified atom stereocenters. The second-order valence-corrected chi connectivity index (χ2v) is 6.17. The number of nitrogens with one attached hydrogen (secondary N) is 1. The predicted molar refractivity (Wildman–Crippen MR) is 76.5 cm³/mol. The number of carbonyl (C=O) groups excluding carboxylic acids is 1. The summed E-state index contributed by atoms with van der Waals surface area (Å²) in [6.45, 7) is 0. The van der Waals surface area contributed by atoms with Gasteiger partial charge in [0.2, 0.25) is 5.91 Å². The molecule has 3 N–H and O–H groups in total. The zero-order valence-corrected chi connectivity index (χ0v) is 12.0. The van der Waals surface area contributed by atoms with Crippen molar-refractivity contribution in [1.29, 1.82) is 0 Å². The normalized spacial score (nSPS) is 11.2. The Kier molecular flexibility index (Phi) is 4.41. The number of halogens is 2. The van der Waals surface area contributed by atoms with Gasteiger partial charge in [-0.2, -0.15) is 0 Å². The first kappa shape index (κ1) is 15.9. The lowest BCUT2D eigenvalue weighted by Crippen LogP contribution is -2.15.